The summed E-state index contributed by atoms with van der Waals surface area (Å²) in [4.78, 5) is 40.4. The lowest BCUT2D eigenvalue weighted by Crippen LogP contribution is -2.42. The Labute approximate surface area is 185 Å². The Balaban J connectivity index is 1.51. The predicted molar refractivity (Wildman–Crippen MR) is 122 cm³/mol. The van der Waals surface area contributed by atoms with Crippen LogP contribution in [0.2, 0.25) is 0 Å². The number of para-hydroxylation sites is 1. The van der Waals surface area contributed by atoms with Crippen molar-refractivity contribution in [1.82, 2.24) is 19.4 Å². The van der Waals surface area contributed by atoms with Crippen LogP contribution in [0.15, 0.2) is 58.1 Å². The number of aliphatic hydroxyl groups is 1. The summed E-state index contributed by atoms with van der Waals surface area (Å²) in [5, 5.41) is 13.1. The lowest BCUT2D eigenvalue weighted by atomic mass is 10.1. The van der Waals surface area contributed by atoms with Gasteiger partial charge in [-0.15, -0.1) is 0 Å². The van der Waals surface area contributed by atoms with Crippen LogP contribution in [0.4, 0.5) is 0 Å². The second kappa shape index (κ2) is 9.50. The molecule has 1 fully saturated rings. The molecular formula is C24H28N4O4. The molecule has 1 amide bonds. The van der Waals surface area contributed by atoms with Crippen molar-refractivity contribution in [2.75, 3.05) is 13.1 Å². The zero-order valence-electron chi connectivity index (χ0n) is 18.2. The third-order valence-corrected chi connectivity index (χ3v) is 5.99. The van der Waals surface area contributed by atoms with E-state index < -0.39 is 5.69 Å². The number of β-amino-alcohol motifs (C(OH)–C–C–N with tert-alkyl or cyclic N) is 1. The van der Waals surface area contributed by atoms with Crippen molar-refractivity contribution in [2.45, 2.75) is 45.6 Å². The van der Waals surface area contributed by atoms with Crippen LogP contribution in [-0.4, -0.2) is 44.2 Å². The normalized spacial score (nSPS) is 16.5. The van der Waals surface area contributed by atoms with Crippen molar-refractivity contribution in [2.24, 2.45) is 0 Å². The number of carbonyl (C=O) groups is 1. The average molecular weight is 437 g/mol. The van der Waals surface area contributed by atoms with E-state index >= 15 is 0 Å². The molecule has 0 spiro atoms. The molecule has 1 unspecified atom stereocenters. The Hall–Kier alpha value is -3.23. The molecule has 2 heterocycles. The zero-order chi connectivity index (χ0) is 22.7. The Morgan fingerprint density at radius 3 is 2.50 bits per heavy atom. The van der Waals surface area contributed by atoms with E-state index in [0.29, 0.717) is 30.5 Å². The Morgan fingerprint density at radius 1 is 1.06 bits per heavy atom. The highest BCUT2D eigenvalue weighted by Gasteiger charge is 2.21. The molecule has 8 nitrogen and oxygen atoms in total. The van der Waals surface area contributed by atoms with Crippen molar-refractivity contribution in [1.29, 1.82) is 0 Å². The number of carbonyl (C=O) groups excluding carboxylic acids is 1. The van der Waals surface area contributed by atoms with Gasteiger partial charge < -0.3 is 10.4 Å². The first-order valence-electron chi connectivity index (χ1n) is 10.9. The number of aromatic nitrogens is 2. The van der Waals surface area contributed by atoms with Crippen LogP contribution in [0.5, 0.6) is 0 Å². The van der Waals surface area contributed by atoms with Crippen LogP contribution in [0.1, 0.15) is 24.5 Å². The maximum atomic E-state index is 12.8. The van der Waals surface area contributed by atoms with E-state index in [1.165, 1.54) is 4.57 Å². The molecule has 1 aromatic heterocycles. The number of nitrogens with zero attached hydrogens (tertiary/aromatic N) is 3. The minimum Gasteiger partial charge on any atom is -0.392 e. The second-order valence-electron chi connectivity index (χ2n) is 8.16. The fraction of sp³-hybridized carbons (Fsp3) is 0.375. The van der Waals surface area contributed by atoms with Gasteiger partial charge in [-0.1, -0.05) is 36.4 Å². The smallest absolute Gasteiger partial charge is 0.331 e. The van der Waals surface area contributed by atoms with Crippen molar-refractivity contribution < 1.29 is 9.90 Å². The van der Waals surface area contributed by atoms with Gasteiger partial charge in [0.1, 0.15) is 6.54 Å². The van der Waals surface area contributed by atoms with E-state index in [2.05, 4.69) is 10.2 Å². The number of benzene rings is 2. The molecule has 0 radical (unpaired) electrons. The Morgan fingerprint density at radius 2 is 1.78 bits per heavy atom. The van der Waals surface area contributed by atoms with Crippen molar-refractivity contribution >= 4 is 16.8 Å². The van der Waals surface area contributed by atoms with Gasteiger partial charge in [-0.25, -0.2) is 4.79 Å². The minimum atomic E-state index is -0.487. The summed E-state index contributed by atoms with van der Waals surface area (Å²) < 4.78 is 2.50. The molecule has 1 saturated heterocycles. The summed E-state index contributed by atoms with van der Waals surface area (Å²) in [6, 6.07) is 14.7. The fourth-order valence-corrected chi connectivity index (χ4v) is 4.28. The predicted octanol–water partition coefficient (Wildman–Crippen LogP) is 1.07. The van der Waals surface area contributed by atoms with E-state index in [-0.39, 0.29) is 30.7 Å². The third kappa shape index (κ3) is 4.51. The SMILES string of the molecule is CCn1c(=O)c2ccccc2n(CC(=O)NCc2ccccc2CN2CCC(O)C2)c1=O. The molecule has 0 bridgehead atoms. The van der Waals surface area contributed by atoms with Crippen LogP contribution < -0.4 is 16.6 Å². The van der Waals surface area contributed by atoms with Gasteiger partial charge in [-0.2, -0.15) is 0 Å². The van der Waals surface area contributed by atoms with Crippen LogP contribution in [0.25, 0.3) is 10.9 Å². The van der Waals surface area contributed by atoms with Gasteiger partial charge in [0.2, 0.25) is 5.91 Å². The molecule has 168 valence electrons. The van der Waals surface area contributed by atoms with Crippen molar-refractivity contribution in [3.8, 4) is 0 Å². The molecule has 1 aliphatic rings. The summed E-state index contributed by atoms with van der Waals surface area (Å²) in [7, 11) is 0. The first-order valence-corrected chi connectivity index (χ1v) is 10.9. The maximum absolute atomic E-state index is 12.8. The van der Waals surface area contributed by atoms with Crippen molar-refractivity contribution in [3.63, 3.8) is 0 Å². The molecule has 2 N–H and O–H groups in total. The van der Waals surface area contributed by atoms with Gasteiger partial charge in [-0.3, -0.25) is 23.6 Å². The number of likely N-dealkylation sites (tertiary alicyclic amines) is 1. The third-order valence-electron chi connectivity index (χ3n) is 5.99. The first-order chi connectivity index (χ1) is 15.5. The molecule has 4 rings (SSSR count). The van der Waals surface area contributed by atoms with Gasteiger partial charge in [0.05, 0.1) is 17.0 Å². The highest BCUT2D eigenvalue weighted by molar-refractivity contribution is 5.81. The zero-order valence-corrected chi connectivity index (χ0v) is 18.2. The summed E-state index contributed by atoms with van der Waals surface area (Å²) in [6.45, 7) is 4.37. The standard InChI is InChI=1S/C24H28N4O4/c1-2-27-23(31)20-9-5-6-10-21(20)28(24(27)32)16-22(30)25-13-17-7-3-4-8-18(17)14-26-12-11-19(29)15-26/h3-10,19,29H,2,11-16H2,1H3,(H,25,30). The lowest BCUT2D eigenvalue weighted by molar-refractivity contribution is -0.121. The number of rotatable bonds is 7. The highest BCUT2D eigenvalue weighted by Crippen LogP contribution is 2.16. The van der Waals surface area contributed by atoms with E-state index in [1.807, 2.05) is 24.3 Å². The van der Waals surface area contributed by atoms with Crippen LogP contribution in [-0.2, 0) is 31.0 Å². The maximum Gasteiger partial charge on any atom is 0.331 e. The van der Waals surface area contributed by atoms with Crippen molar-refractivity contribution in [3.05, 3.63) is 80.5 Å². The molecule has 8 heteroatoms. The molecule has 1 aliphatic heterocycles. The van der Waals surface area contributed by atoms with E-state index in [4.69, 9.17) is 0 Å². The number of amides is 1. The molecule has 3 aromatic rings. The van der Waals surface area contributed by atoms with Gasteiger partial charge >= 0.3 is 5.69 Å². The van der Waals surface area contributed by atoms with Gasteiger partial charge in [0.25, 0.3) is 5.56 Å². The molecule has 2 aromatic carbocycles. The summed E-state index contributed by atoms with van der Waals surface area (Å²) in [6.07, 6.45) is 0.503. The number of nitrogens with one attached hydrogen (secondary N) is 1. The van der Waals surface area contributed by atoms with Gasteiger partial charge in [0, 0.05) is 32.7 Å². The molecular weight excluding hydrogens is 408 g/mol. The molecule has 0 aliphatic carbocycles. The lowest BCUT2D eigenvalue weighted by Gasteiger charge is -2.18. The van der Waals surface area contributed by atoms with Gasteiger partial charge in [-0.05, 0) is 36.6 Å². The monoisotopic (exact) mass is 436 g/mol. The molecule has 32 heavy (non-hydrogen) atoms. The fourth-order valence-electron chi connectivity index (χ4n) is 4.28. The largest absolute Gasteiger partial charge is 0.392 e. The number of hydrogen-bond donors (Lipinski definition) is 2. The number of fused-ring (bicyclic) bond motifs is 1. The number of hydrogen-bond acceptors (Lipinski definition) is 5. The Bertz CT molecular complexity index is 1250. The quantitative estimate of drug-likeness (QED) is 0.578. The topological polar surface area (TPSA) is 96.6 Å². The summed E-state index contributed by atoms with van der Waals surface area (Å²) in [5.41, 5.74) is 1.72. The Kier molecular flexibility index (Phi) is 6.53. The van der Waals surface area contributed by atoms with E-state index in [1.54, 1.807) is 31.2 Å². The van der Waals surface area contributed by atoms with Crippen LogP contribution in [0.3, 0.4) is 0 Å². The van der Waals surface area contributed by atoms with Crippen LogP contribution in [0, 0.1) is 0 Å². The van der Waals surface area contributed by atoms with Gasteiger partial charge in [0.15, 0.2) is 0 Å². The highest BCUT2D eigenvalue weighted by atomic mass is 16.3. The van der Waals surface area contributed by atoms with Crippen LogP contribution >= 0.6 is 0 Å². The number of aliphatic hydroxyl groups excluding tert-OH is 1. The molecule has 1 atom stereocenters. The first kappa shape index (κ1) is 22.0. The summed E-state index contributed by atoms with van der Waals surface area (Å²) in [5.74, 6) is -0.301. The second-order valence-corrected chi connectivity index (χ2v) is 8.16. The molecule has 0 saturated carbocycles. The minimum absolute atomic E-state index is 0.167. The summed E-state index contributed by atoms with van der Waals surface area (Å²) >= 11 is 0. The van der Waals surface area contributed by atoms with E-state index in [0.717, 1.165) is 28.7 Å². The van der Waals surface area contributed by atoms with E-state index in [9.17, 15) is 19.5 Å². The average Bonchev–Trinajstić information content (AvgIpc) is 3.21.